The molecule has 0 fully saturated rings. The molecule has 106 valence electrons. The molecular weight excluding hydrogens is 391 g/mol. The number of Topliss-reactive ketones (excluding diaryl/α,β-unsaturated/α-hetero) is 1. The predicted octanol–water partition coefficient (Wildman–Crippen LogP) is 4.07. The van der Waals surface area contributed by atoms with Crippen LogP contribution >= 0.6 is 31.9 Å². The van der Waals surface area contributed by atoms with E-state index in [0.717, 1.165) is 22.3 Å². The van der Waals surface area contributed by atoms with Gasteiger partial charge in [-0.15, -0.1) is 0 Å². The summed E-state index contributed by atoms with van der Waals surface area (Å²) >= 11 is 6.55. The first kappa shape index (κ1) is 15.4. The molecule has 0 unspecified atom stereocenters. The smallest absolute Gasteiger partial charge is 0.168 e. The lowest BCUT2D eigenvalue weighted by Crippen LogP contribution is -2.08. The van der Waals surface area contributed by atoms with E-state index in [9.17, 15) is 9.18 Å². The number of hydrogen-bond acceptors (Lipinski definition) is 2. The molecule has 1 aromatic heterocycles. The summed E-state index contributed by atoms with van der Waals surface area (Å²) in [5, 5.41) is 4.34. The van der Waals surface area contributed by atoms with Crippen LogP contribution in [0.4, 0.5) is 4.39 Å². The minimum absolute atomic E-state index is 0.136. The molecule has 0 radical (unpaired) electrons. The van der Waals surface area contributed by atoms with Crippen molar-refractivity contribution in [2.24, 2.45) is 7.05 Å². The van der Waals surface area contributed by atoms with Crippen molar-refractivity contribution >= 4 is 37.6 Å². The maximum Gasteiger partial charge on any atom is 0.168 e. The highest BCUT2D eigenvalue weighted by atomic mass is 79.9. The zero-order valence-electron chi connectivity index (χ0n) is 11.1. The molecule has 0 aliphatic rings. The minimum Gasteiger partial charge on any atom is -0.294 e. The first-order chi connectivity index (χ1) is 9.43. The van der Waals surface area contributed by atoms with E-state index in [2.05, 4.69) is 37.0 Å². The van der Waals surface area contributed by atoms with Crippen LogP contribution in [0.25, 0.3) is 0 Å². The minimum atomic E-state index is -0.436. The summed E-state index contributed by atoms with van der Waals surface area (Å²) in [5.41, 5.74) is 2.07. The molecule has 20 heavy (non-hydrogen) atoms. The number of carbonyl (C=O) groups excluding carboxylic acids is 1. The normalized spacial score (nSPS) is 10.8. The van der Waals surface area contributed by atoms with Crippen LogP contribution in [-0.4, -0.2) is 15.6 Å². The SMILES string of the molecule is CCc1nn(C)c(CC(=O)c2ccc(Br)c(F)c2)c1Br. The summed E-state index contributed by atoms with van der Waals surface area (Å²) in [4.78, 5) is 12.2. The van der Waals surface area contributed by atoms with Crippen molar-refractivity contribution in [3.63, 3.8) is 0 Å². The summed E-state index contributed by atoms with van der Waals surface area (Å²) in [7, 11) is 1.80. The van der Waals surface area contributed by atoms with Gasteiger partial charge >= 0.3 is 0 Å². The molecule has 0 saturated heterocycles. The van der Waals surface area contributed by atoms with Crippen LogP contribution in [0.1, 0.15) is 28.7 Å². The number of halogens is 3. The quantitative estimate of drug-likeness (QED) is 0.721. The van der Waals surface area contributed by atoms with Crippen LogP contribution in [-0.2, 0) is 19.9 Å². The Morgan fingerprint density at radius 1 is 1.40 bits per heavy atom. The second-order valence-electron chi connectivity index (χ2n) is 4.41. The molecule has 0 atom stereocenters. The van der Waals surface area contributed by atoms with Gasteiger partial charge in [0.15, 0.2) is 5.78 Å². The summed E-state index contributed by atoms with van der Waals surface area (Å²) < 4.78 is 16.4. The van der Waals surface area contributed by atoms with Crippen molar-refractivity contribution in [2.45, 2.75) is 19.8 Å². The third-order valence-electron chi connectivity index (χ3n) is 3.07. The van der Waals surface area contributed by atoms with Crippen LogP contribution in [0.2, 0.25) is 0 Å². The molecule has 2 aromatic rings. The van der Waals surface area contributed by atoms with Gasteiger partial charge in [0, 0.05) is 12.6 Å². The number of aryl methyl sites for hydroxylation is 2. The van der Waals surface area contributed by atoms with Crippen molar-refractivity contribution < 1.29 is 9.18 Å². The van der Waals surface area contributed by atoms with Gasteiger partial charge in [-0.2, -0.15) is 5.10 Å². The van der Waals surface area contributed by atoms with Gasteiger partial charge in [-0.3, -0.25) is 9.48 Å². The summed E-state index contributed by atoms with van der Waals surface area (Å²) in [5.74, 6) is -0.572. The number of hydrogen-bond donors (Lipinski definition) is 0. The molecule has 0 aliphatic heterocycles. The fraction of sp³-hybridized carbons (Fsp3) is 0.286. The van der Waals surface area contributed by atoms with E-state index in [1.165, 1.54) is 6.07 Å². The van der Waals surface area contributed by atoms with E-state index in [-0.39, 0.29) is 12.2 Å². The first-order valence-electron chi connectivity index (χ1n) is 6.12. The Morgan fingerprint density at radius 2 is 2.10 bits per heavy atom. The number of ketones is 1. The second kappa shape index (κ2) is 6.18. The number of rotatable bonds is 4. The Morgan fingerprint density at radius 3 is 2.65 bits per heavy atom. The fourth-order valence-corrected chi connectivity index (χ4v) is 2.94. The predicted molar refractivity (Wildman–Crippen MR) is 82.4 cm³/mol. The van der Waals surface area contributed by atoms with E-state index < -0.39 is 5.82 Å². The van der Waals surface area contributed by atoms with Crippen molar-refractivity contribution in [3.8, 4) is 0 Å². The second-order valence-corrected chi connectivity index (χ2v) is 6.06. The number of carbonyl (C=O) groups is 1. The Balaban J connectivity index is 2.28. The van der Waals surface area contributed by atoms with E-state index in [1.807, 2.05) is 6.92 Å². The molecule has 2 rings (SSSR count). The highest BCUT2D eigenvalue weighted by molar-refractivity contribution is 9.10. The lowest BCUT2D eigenvalue weighted by molar-refractivity contribution is 0.0990. The van der Waals surface area contributed by atoms with Crippen molar-refractivity contribution in [1.29, 1.82) is 0 Å². The summed E-state index contributed by atoms with van der Waals surface area (Å²) in [6, 6.07) is 4.40. The van der Waals surface area contributed by atoms with Crippen LogP contribution in [0.15, 0.2) is 27.1 Å². The molecule has 0 amide bonds. The maximum atomic E-state index is 13.5. The van der Waals surface area contributed by atoms with Gasteiger partial charge in [0.05, 0.1) is 26.8 Å². The average molecular weight is 404 g/mol. The molecule has 6 heteroatoms. The van der Waals surface area contributed by atoms with E-state index in [0.29, 0.717) is 10.0 Å². The van der Waals surface area contributed by atoms with Crippen molar-refractivity contribution in [2.75, 3.05) is 0 Å². The third kappa shape index (κ3) is 3.01. The van der Waals surface area contributed by atoms with Crippen LogP contribution in [0.5, 0.6) is 0 Å². The molecule has 0 saturated carbocycles. The fourth-order valence-electron chi connectivity index (χ4n) is 1.94. The van der Waals surface area contributed by atoms with Crippen LogP contribution < -0.4 is 0 Å². The Hall–Kier alpha value is -1.01. The van der Waals surface area contributed by atoms with Crippen LogP contribution in [0.3, 0.4) is 0 Å². The van der Waals surface area contributed by atoms with Crippen LogP contribution in [0, 0.1) is 5.82 Å². The Bertz CT molecular complexity index is 667. The Kier molecular flexibility index (Phi) is 4.75. The number of benzene rings is 1. The highest BCUT2D eigenvalue weighted by Crippen LogP contribution is 2.24. The lowest BCUT2D eigenvalue weighted by Gasteiger charge is -2.04. The molecule has 0 bridgehead atoms. The largest absolute Gasteiger partial charge is 0.294 e. The number of aromatic nitrogens is 2. The average Bonchev–Trinajstić information content (AvgIpc) is 2.69. The zero-order valence-corrected chi connectivity index (χ0v) is 14.3. The van der Waals surface area contributed by atoms with Gasteiger partial charge in [0.25, 0.3) is 0 Å². The van der Waals surface area contributed by atoms with E-state index in [4.69, 9.17) is 0 Å². The summed E-state index contributed by atoms with van der Waals surface area (Å²) in [6.07, 6.45) is 0.973. The molecule has 0 spiro atoms. The third-order valence-corrected chi connectivity index (χ3v) is 4.63. The number of nitrogens with zero attached hydrogens (tertiary/aromatic N) is 2. The van der Waals surface area contributed by atoms with Crippen molar-refractivity contribution in [1.82, 2.24) is 9.78 Å². The van der Waals surface area contributed by atoms with Gasteiger partial charge in [0.2, 0.25) is 0 Å². The maximum absolute atomic E-state index is 13.5. The van der Waals surface area contributed by atoms with Crippen molar-refractivity contribution in [3.05, 3.63) is 49.9 Å². The van der Waals surface area contributed by atoms with Gasteiger partial charge in [-0.25, -0.2) is 4.39 Å². The molecule has 1 heterocycles. The zero-order chi connectivity index (χ0) is 14.9. The first-order valence-corrected chi connectivity index (χ1v) is 7.71. The van der Waals surface area contributed by atoms with E-state index in [1.54, 1.807) is 23.9 Å². The molecule has 0 N–H and O–H groups in total. The molecule has 0 aliphatic carbocycles. The molecular formula is C14H13Br2FN2O. The van der Waals surface area contributed by atoms with Gasteiger partial charge < -0.3 is 0 Å². The van der Waals surface area contributed by atoms with Gasteiger partial charge in [0.1, 0.15) is 5.82 Å². The summed E-state index contributed by atoms with van der Waals surface area (Å²) in [6.45, 7) is 2.00. The van der Waals surface area contributed by atoms with Gasteiger partial charge in [-0.05, 0) is 50.4 Å². The molecule has 1 aromatic carbocycles. The lowest BCUT2D eigenvalue weighted by atomic mass is 10.1. The standard InChI is InChI=1S/C14H13Br2FN2O/c1-3-11-14(16)12(19(2)18-11)7-13(20)8-4-5-9(15)10(17)6-8/h4-6H,3,7H2,1-2H3. The molecule has 3 nitrogen and oxygen atoms in total. The van der Waals surface area contributed by atoms with E-state index >= 15 is 0 Å². The Labute approximate surface area is 133 Å². The van der Waals surface area contributed by atoms with Gasteiger partial charge in [-0.1, -0.05) is 13.0 Å². The monoisotopic (exact) mass is 402 g/mol. The highest BCUT2D eigenvalue weighted by Gasteiger charge is 2.17. The topological polar surface area (TPSA) is 34.9 Å².